The van der Waals surface area contributed by atoms with Gasteiger partial charge in [-0.05, 0) is 50.9 Å². The zero-order valence-electron chi connectivity index (χ0n) is 10.2. The molecule has 2 rings (SSSR count). The van der Waals surface area contributed by atoms with Gasteiger partial charge in [0.15, 0.2) is 0 Å². The molecular weight excluding hydrogens is 216 g/mol. The third-order valence-electron chi connectivity index (χ3n) is 3.28. The Hall–Kier alpha value is -1.29. The highest BCUT2D eigenvalue weighted by Gasteiger charge is 2.18. The van der Waals surface area contributed by atoms with Crippen molar-refractivity contribution in [2.75, 3.05) is 13.1 Å². The Kier molecular flexibility index (Phi) is 4.20. The smallest absolute Gasteiger partial charge is 0.220 e. The maximum atomic E-state index is 11.8. The predicted molar refractivity (Wildman–Crippen MR) is 65.5 cm³/mol. The van der Waals surface area contributed by atoms with Gasteiger partial charge in [-0.2, -0.15) is 0 Å². The van der Waals surface area contributed by atoms with Gasteiger partial charge in [0.25, 0.3) is 0 Å². The fraction of sp³-hybridized carbons (Fsp3) is 0.615. The average molecular weight is 236 g/mol. The summed E-state index contributed by atoms with van der Waals surface area (Å²) in [5.74, 6) is 1.46. The standard InChI is InChI=1S/C13H20N2O2/c1-10(12-3-2-8-17-12)15-13(16)9-11-4-6-14-7-5-11/h2-3,8,10-11,14H,4-7,9H2,1H3,(H,15,16)/t10-/m0/s1. The topological polar surface area (TPSA) is 54.3 Å². The van der Waals surface area contributed by atoms with Crippen molar-refractivity contribution < 1.29 is 9.21 Å². The number of hydrogen-bond donors (Lipinski definition) is 2. The van der Waals surface area contributed by atoms with Gasteiger partial charge in [0.2, 0.25) is 5.91 Å². The van der Waals surface area contributed by atoms with Gasteiger partial charge in [0.05, 0.1) is 12.3 Å². The van der Waals surface area contributed by atoms with E-state index < -0.39 is 0 Å². The molecular formula is C13H20N2O2. The van der Waals surface area contributed by atoms with Gasteiger partial charge in [-0.25, -0.2) is 0 Å². The van der Waals surface area contributed by atoms with Crippen LogP contribution in [-0.4, -0.2) is 19.0 Å². The lowest BCUT2D eigenvalue weighted by molar-refractivity contribution is -0.122. The van der Waals surface area contributed by atoms with Gasteiger partial charge < -0.3 is 15.1 Å². The Morgan fingerprint density at radius 1 is 1.59 bits per heavy atom. The average Bonchev–Trinajstić information content (AvgIpc) is 2.83. The molecule has 1 aliphatic heterocycles. The summed E-state index contributed by atoms with van der Waals surface area (Å²) >= 11 is 0. The van der Waals surface area contributed by atoms with E-state index in [-0.39, 0.29) is 11.9 Å². The largest absolute Gasteiger partial charge is 0.467 e. The zero-order valence-corrected chi connectivity index (χ0v) is 10.2. The van der Waals surface area contributed by atoms with Crippen LogP contribution in [0.5, 0.6) is 0 Å². The monoisotopic (exact) mass is 236 g/mol. The van der Waals surface area contributed by atoms with E-state index in [4.69, 9.17) is 4.42 Å². The zero-order chi connectivity index (χ0) is 12.1. The highest BCUT2D eigenvalue weighted by Crippen LogP contribution is 2.17. The minimum Gasteiger partial charge on any atom is -0.467 e. The molecule has 4 nitrogen and oxygen atoms in total. The fourth-order valence-electron chi connectivity index (χ4n) is 2.26. The number of piperidine rings is 1. The first-order valence-corrected chi connectivity index (χ1v) is 6.29. The quantitative estimate of drug-likeness (QED) is 0.838. The Labute approximate surface area is 102 Å². The summed E-state index contributed by atoms with van der Waals surface area (Å²) in [4.78, 5) is 11.8. The van der Waals surface area contributed by atoms with E-state index in [2.05, 4.69) is 10.6 Å². The van der Waals surface area contributed by atoms with Crippen molar-refractivity contribution in [1.29, 1.82) is 0 Å². The van der Waals surface area contributed by atoms with Gasteiger partial charge in [-0.15, -0.1) is 0 Å². The second-order valence-corrected chi connectivity index (χ2v) is 4.70. The van der Waals surface area contributed by atoms with E-state index >= 15 is 0 Å². The van der Waals surface area contributed by atoms with E-state index in [0.717, 1.165) is 31.7 Å². The second kappa shape index (κ2) is 5.87. The first kappa shape index (κ1) is 12.2. The first-order chi connectivity index (χ1) is 8.25. The van der Waals surface area contributed by atoms with Crippen molar-refractivity contribution in [2.24, 2.45) is 5.92 Å². The summed E-state index contributed by atoms with van der Waals surface area (Å²) < 4.78 is 5.26. The SMILES string of the molecule is C[C@H](NC(=O)CC1CCNCC1)c1ccco1. The summed E-state index contributed by atoms with van der Waals surface area (Å²) in [5, 5.41) is 6.28. The lowest BCUT2D eigenvalue weighted by Crippen LogP contribution is -2.33. The normalized spacial score (nSPS) is 18.9. The molecule has 0 saturated carbocycles. The molecule has 0 radical (unpaired) electrons. The molecule has 1 fully saturated rings. The molecule has 1 aliphatic rings. The molecule has 0 bridgehead atoms. The molecule has 4 heteroatoms. The molecule has 0 aromatic carbocycles. The number of hydrogen-bond acceptors (Lipinski definition) is 3. The fourth-order valence-corrected chi connectivity index (χ4v) is 2.26. The Bertz CT molecular complexity index is 342. The van der Waals surface area contributed by atoms with Crippen LogP contribution in [-0.2, 0) is 4.79 Å². The summed E-state index contributed by atoms with van der Waals surface area (Å²) in [6.07, 6.45) is 4.46. The molecule has 1 atom stereocenters. The summed E-state index contributed by atoms with van der Waals surface area (Å²) in [5.41, 5.74) is 0. The van der Waals surface area contributed by atoms with Gasteiger partial charge >= 0.3 is 0 Å². The third-order valence-corrected chi connectivity index (χ3v) is 3.28. The number of rotatable bonds is 4. The molecule has 0 aliphatic carbocycles. The van der Waals surface area contributed by atoms with Crippen LogP contribution in [0.25, 0.3) is 0 Å². The molecule has 1 aromatic heterocycles. The minimum absolute atomic E-state index is 0.0424. The number of amides is 1. The van der Waals surface area contributed by atoms with Crippen molar-refractivity contribution in [1.82, 2.24) is 10.6 Å². The molecule has 17 heavy (non-hydrogen) atoms. The van der Waals surface area contributed by atoms with E-state index in [9.17, 15) is 4.79 Å². The maximum absolute atomic E-state index is 11.8. The molecule has 2 heterocycles. The number of carbonyl (C=O) groups excluding carboxylic acids is 1. The molecule has 94 valence electrons. The Morgan fingerprint density at radius 2 is 2.35 bits per heavy atom. The van der Waals surface area contributed by atoms with E-state index in [1.807, 2.05) is 19.1 Å². The van der Waals surface area contributed by atoms with Crippen molar-refractivity contribution in [3.05, 3.63) is 24.2 Å². The van der Waals surface area contributed by atoms with Gasteiger partial charge in [0, 0.05) is 6.42 Å². The van der Waals surface area contributed by atoms with Crippen LogP contribution in [0.2, 0.25) is 0 Å². The first-order valence-electron chi connectivity index (χ1n) is 6.29. The van der Waals surface area contributed by atoms with Crippen molar-refractivity contribution in [2.45, 2.75) is 32.2 Å². The Morgan fingerprint density at radius 3 is 3.00 bits per heavy atom. The van der Waals surface area contributed by atoms with Crippen LogP contribution < -0.4 is 10.6 Å². The van der Waals surface area contributed by atoms with Crippen LogP contribution in [0.1, 0.15) is 38.0 Å². The highest BCUT2D eigenvalue weighted by atomic mass is 16.3. The van der Waals surface area contributed by atoms with Crippen molar-refractivity contribution in [3.8, 4) is 0 Å². The molecule has 1 aromatic rings. The minimum atomic E-state index is -0.0424. The summed E-state index contributed by atoms with van der Waals surface area (Å²) in [7, 11) is 0. The molecule has 2 N–H and O–H groups in total. The van der Waals surface area contributed by atoms with Crippen LogP contribution in [0.4, 0.5) is 0 Å². The number of nitrogens with one attached hydrogen (secondary N) is 2. The van der Waals surface area contributed by atoms with Gasteiger partial charge in [-0.3, -0.25) is 4.79 Å². The molecule has 0 spiro atoms. The van der Waals surface area contributed by atoms with E-state index in [1.165, 1.54) is 0 Å². The predicted octanol–water partition coefficient (Wildman–Crippen LogP) is 1.85. The van der Waals surface area contributed by atoms with Crippen LogP contribution in [0, 0.1) is 5.92 Å². The lowest BCUT2D eigenvalue weighted by Gasteiger charge is -2.22. The van der Waals surface area contributed by atoms with Crippen molar-refractivity contribution >= 4 is 5.91 Å². The molecule has 1 amide bonds. The summed E-state index contributed by atoms with van der Waals surface area (Å²) in [6.45, 7) is 4.01. The second-order valence-electron chi connectivity index (χ2n) is 4.70. The molecule has 1 saturated heterocycles. The number of furan rings is 1. The van der Waals surface area contributed by atoms with Crippen LogP contribution >= 0.6 is 0 Å². The summed E-state index contributed by atoms with van der Waals surface area (Å²) in [6, 6.07) is 3.68. The van der Waals surface area contributed by atoms with Gasteiger partial charge in [-0.1, -0.05) is 0 Å². The number of carbonyl (C=O) groups is 1. The maximum Gasteiger partial charge on any atom is 0.220 e. The Balaban J connectivity index is 1.76. The van der Waals surface area contributed by atoms with Gasteiger partial charge in [0.1, 0.15) is 5.76 Å². The van der Waals surface area contributed by atoms with Crippen LogP contribution in [0.3, 0.4) is 0 Å². The van der Waals surface area contributed by atoms with Crippen LogP contribution in [0.15, 0.2) is 22.8 Å². The highest BCUT2D eigenvalue weighted by molar-refractivity contribution is 5.76. The lowest BCUT2D eigenvalue weighted by atomic mass is 9.94. The molecule has 0 unspecified atom stereocenters. The third kappa shape index (κ3) is 3.60. The van der Waals surface area contributed by atoms with E-state index in [1.54, 1.807) is 6.26 Å². The van der Waals surface area contributed by atoms with E-state index in [0.29, 0.717) is 12.3 Å². The van der Waals surface area contributed by atoms with Crippen molar-refractivity contribution in [3.63, 3.8) is 0 Å².